The molecule has 0 bridgehead atoms. The van der Waals surface area contributed by atoms with E-state index in [0.29, 0.717) is 19.4 Å². The molecular weight excluding hydrogens is 260 g/mol. The van der Waals surface area contributed by atoms with Gasteiger partial charge in [0.1, 0.15) is 0 Å². The number of hydrogen-bond acceptors (Lipinski definition) is 3. The van der Waals surface area contributed by atoms with Crippen molar-refractivity contribution in [2.75, 3.05) is 11.9 Å². The third-order valence-electron chi connectivity index (χ3n) is 2.24. The Labute approximate surface area is 105 Å². The number of unbranched alkanes of at least 4 members (excludes halogenated alkanes) is 1. The molecule has 1 aromatic carbocycles. The molecule has 0 spiro atoms. The van der Waals surface area contributed by atoms with E-state index in [1.807, 2.05) is 0 Å². The molecule has 0 aliphatic carbocycles. The van der Waals surface area contributed by atoms with E-state index < -0.39 is 15.6 Å². The predicted octanol–water partition coefficient (Wildman–Crippen LogP) is 2.51. The number of hydrogen-bond donors (Lipinski definition) is 1. The fourth-order valence-electron chi connectivity index (χ4n) is 1.37. The third kappa shape index (κ3) is 3.44. The van der Waals surface area contributed by atoms with Crippen LogP contribution in [0.15, 0.2) is 29.2 Å². The van der Waals surface area contributed by atoms with Gasteiger partial charge in [-0.3, -0.25) is 0 Å². The van der Waals surface area contributed by atoms with Crippen molar-refractivity contribution >= 4 is 15.5 Å². The van der Waals surface area contributed by atoms with Crippen LogP contribution >= 0.6 is 0 Å². The van der Waals surface area contributed by atoms with Crippen LogP contribution in [0.5, 0.6) is 0 Å². The van der Waals surface area contributed by atoms with E-state index in [9.17, 15) is 17.2 Å². The Hall–Kier alpha value is -1.61. The Kier molecular flexibility index (Phi) is 5.10. The van der Waals surface area contributed by atoms with Gasteiger partial charge < -0.3 is 5.32 Å². The van der Waals surface area contributed by atoms with Crippen LogP contribution in [0.4, 0.5) is 14.5 Å². The first-order chi connectivity index (χ1) is 8.50. The van der Waals surface area contributed by atoms with E-state index in [0.717, 1.165) is 6.07 Å². The molecule has 0 saturated heterocycles. The molecule has 98 valence electrons. The molecule has 0 saturated carbocycles. The van der Waals surface area contributed by atoms with Gasteiger partial charge in [0.2, 0.25) is 9.84 Å². The van der Waals surface area contributed by atoms with Crippen molar-refractivity contribution in [2.24, 2.45) is 0 Å². The summed E-state index contributed by atoms with van der Waals surface area (Å²) in [5.74, 6) is -0.986. The number of sulfone groups is 1. The molecule has 0 unspecified atom stereocenters. The lowest BCUT2D eigenvalue weighted by molar-refractivity contribution is 0.235. The van der Waals surface area contributed by atoms with Crippen LogP contribution in [0.3, 0.4) is 0 Å². The lowest BCUT2D eigenvalue weighted by Crippen LogP contribution is -2.14. The van der Waals surface area contributed by atoms with E-state index in [1.165, 1.54) is 12.1 Å². The SMILES string of the molecule is C#CCCCNc1ccccc1S(=O)(=O)C(F)F. The topological polar surface area (TPSA) is 46.2 Å². The highest BCUT2D eigenvalue weighted by molar-refractivity contribution is 7.91. The maximum atomic E-state index is 12.5. The summed E-state index contributed by atoms with van der Waals surface area (Å²) in [7, 11) is -4.59. The van der Waals surface area contributed by atoms with Crippen molar-refractivity contribution in [3.8, 4) is 12.3 Å². The summed E-state index contributed by atoms with van der Waals surface area (Å²) in [5, 5.41) is 2.80. The quantitative estimate of drug-likeness (QED) is 0.640. The Morgan fingerprint density at radius 2 is 2.00 bits per heavy atom. The van der Waals surface area contributed by atoms with Gasteiger partial charge in [0.25, 0.3) is 0 Å². The van der Waals surface area contributed by atoms with Gasteiger partial charge in [-0.05, 0) is 18.6 Å². The maximum Gasteiger partial charge on any atom is 0.341 e. The minimum atomic E-state index is -4.59. The van der Waals surface area contributed by atoms with Crippen LogP contribution in [-0.2, 0) is 9.84 Å². The zero-order chi connectivity index (χ0) is 13.6. The number of rotatable bonds is 6. The summed E-state index contributed by atoms with van der Waals surface area (Å²) in [4.78, 5) is -0.388. The molecule has 0 amide bonds. The Morgan fingerprint density at radius 1 is 1.33 bits per heavy atom. The molecule has 1 N–H and O–H groups in total. The average Bonchev–Trinajstić information content (AvgIpc) is 2.35. The Morgan fingerprint density at radius 3 is 2.61 bits per heavy atom. The molecule has 1 rings (SSSR count). The van der Waals surface area contributed by atoms with E-state index >= 15 is 0 Å². The second-order valence-electron chi connectivity index (χ2n) is 3.54. The molecule has 6 heteroatoms. The monoisotopic (exact) mass is 273 g/mol. The Balaban J connectivity index is 2.91. The highest BCUT2D eigenvalue weighted by Crippen LogP contribution is 2.25. The highest BCUT2D eigenvalue weighted by atomic mass is 32.2. The molecule has 1 aromatic rings. The van der Waals surface area contributed by atoms with Crippen LogP contribution in [0, 0.1) is 12.3 Å². The van der Waals surface area contributed by atoms with Gasteiger partial charge in [0.05, 0.1) is 10.6 Å². The van der Waals surface area contributed by atoms with Gasteiger partial charge in [-0.25, -0.2) is 8.42 Å². The number of terminal acetylenes is 1. The second-order valence-corrected chi connectivity index (χ2v) is 5.42. The summed E-state index contributed by atoms with van der Waals surface area (Å²) in [6, 6.07) is 5.59. The number of para-hydroxylation sites is 1. The fourth-order valence-corrected chi connectivity index (χ4v) is 2.28. The predicted molar refractivity (Wildman–Crippen MR) is 66.2 cm³/mol. The second kappa shape index (κ2) is 6.36. The molecule has 0 aromatic heterocycles. The van der Waals surface area contributed by atoms with Crippen LogP contribution < -0.4 is 5.32 Å². The zero-order valence-electron chi connectivity index (χ0n) is 9.57. The van der Waals surface area contributed by atoms with Crippen LogP contribution in [0.1, 0.15) is 12.8 Å². The number of alkyl halides is 2. The van der Waals surface area contributed by atoms with Crippen LogP contribution in [0.25, 0.3) is 0 Å². The van der Waals surface area contributed by atoms with E-state index in [1.54, 1.807) is 6.07 Å². The summed E-state index contributed by atoms with van der Waals surface area (Å²) in [6.07, 6.45) is 6.25. The number of benzene rings is 1. The van der Waals surface area contributed by atoms with Gasteiger partial charge in [-0.1, -0.05) is 12.1 Å². The van der Waals surface area contributed by atoms with Crippen molar-refractivity contribution in [3.63, 3.8) is 0 Å². The first-order valence-electron chi connectivity index (χ1n) is 5.28. The van der Waals surface area contributed by atoms with E-state index in [-0.39, 0.29) is 10.6 Å². The van der Waals surface area contributed by atoms with Gasteiger partial charge in [-0.15, -0.1) is 12.3 Å². The summed E-state index contributed by atoms with van der Waals surface area (Å²) < 4.78 is 47.8. The van der Waals surface area contributed by atoms with Crippen LogP contribution in [-0.4, -0.2) is 20.7 Å². The van der Waals surface area contributed by atoms with Crippen LogP contribution in [0.2, 0.25) is 0 Å². The van der Waals surface area contributed by atoms with Crippen molar-refractivity contribution in [1.29, 1.82) is 0 Å². The molecule has 0 atom stereocenters. The Bertz CT molecular complexity index is 535. The van der Waals surface area contributed by atoms with Gasteiger partial charge >= 0.3 is 5.76 Å². The minimum Gasteiger partial charge on any atom is -0.384 e. The zero-order valence-corrected chi connectivity index (χ0v) is 10.4. The summed E-state index contributed by atoms with van der Waals surface area (Å²) >= 11 is 0. The molecule has 0 radical (unpaired) electrons. The highest BCUT2D eigenvalue weighted by Gasteiger charge is 2.28. The van der Waals surface area contributed by atoms with Crippen molar-refractivity contribution < 1.29 is 17.2 Å². The minimum absolute atomic E-state index is 0.176. The normalized spacial score (nSPS) is 11.2. The molecule has 0 fully saturated rings. The average molecular weight is 273 g/mol. The van der Waals surface area contributed by atoms with E-state index in [2.05, 4.69) is 11.2 Å². The van der Waals surface area contributed by atoms with Crippen molar-refractivity contribution in [1.82, 2.24) is 0 Å². The standard InChI is InChI=1S/C12H13F2NO2S/c1-2-3-6-9-15-10-7-4-5-8-11(10)18(16,17)12(13)14/h1,4-5,7-8,12,15H,3,6,9H2. The van der Waals surface area contributed by atoms with Gasteiger partial charge in [0, 0.05) is 13.0 Å². The lowest BCUT2D eigenvalue weighted by Gasteiger charge is -2.11. The molecule has 3 nitrogen and oxygen atoms in total. The summed E-state index contributed by atoms with van der Waals surface area (Å²) in [5.41, 5.74) is 0.176. The first-order valence-corrected chi connectivity index (χ1v) is 6.83. The lowest BCUT2D eigenvalue weighted by atomic mass is 10.3. The molecular formula is C12H13F2NO2S. The molecule has 0 aliphatic rings. The largest absolute Gasteiger partial charge is 0.384 e. The van der Waals surface area contributed by atoms with Crippen molar-refractivity contribution in [2.45, 2.75) is 23.5 Å². The van der Waals surface area contributed by atoms with Gasteiger partial charge in [-0.2, -0.15) is 8.78 Å². The number of anilines is 1. The smallest absolute Gasteiger partial charge is 0.341 e. The molecule has 0 heterocycles. The molecule has 0 aliphatic heterocycles. The summed E-state index contributed by atoms with van der Waals surface area (Å²) in [6.45, 7) is 0.431. The maximum absolute atomic E-state index is 12.5. The van der Waals surface area contributed by atoms with Crippen molar-refractivity contribution in [3.05, 3.63) is 24.3 Å². The number of nitrogens with one attached hydrogen (secondary N) is 1. The van der Waals surface area contributed by atoms with E-state index in [4.69, 9.17) is 6.42 Å². The third-order valence-corrected chi connectivity index (χ3v) is 3.68. The van der Waals surface area contributed by atoms with Gasteiger partial charge in [0.15, 0.2) is 0 Å². The number of halogens is 2. The molecule has 18 heavy (non-hydrogen) atoms. The first kappa shape index (κ1) is 14.5. The fraction of sp³-hybridized carbons (Fsp3) is 0.333.